The van der Waals surface area contributed by atoms with Gasteiger partial charge in [-0.15, -0.1) is 0 Å². The SMILES string of the molecule is CC1(C(=O)CC2CCCN(S(C)(=O)=O)C2)CCCCO1. The summed E-state index contributed by atoms with van der Waals surface area (Å²) < 4.78 is 30.4. The molecule has 0 aliphatic carbocycles. The fourth-order valence-corrected chi connectivity index (χ4v) is 4.07. The van der Waals surface area contributed by atoms with Crippen LogP contribution in [0.3, 0.4) is 0 Å². The van der Waals surface area contributed by atoms with Crippen LogP contribution >= 0.6 is 0 Å². The van der Waals surface area contributed by atoms with Crippen molar-refractivity contribution in [2.45, 2.75) is 51.0 Å². The van der Waals surface area contributed by atoms with Crippen molar-refractivity contribution in [1.29, 1.82) is 0 Å². The Balaban J connectivity index is 1.94. The lowest BCUT2D eigenvalue weighted by atomic mass is 9.84. The van der Waals surface area contributed by atoms with Gasteiger partial charge in [0.15, 0.2) is 5.78 Å². The highest BCUT2D eigenvalue weighted by molar-refractivity contribution is 7.88. The molecule has 0 saturated carbocycles. The minimum Gasteiger partial charge on any atom is -0.368 e. The molecule has 0 aromatic carbocycles. The molecular formula is C14H25NO4S. The zero-order valence-electron chi connectivity index (χ0n) is 12.4. The molecule has 6 heteroatoms. The van der Waals surface area contributed by atoms with Gasteiger partial charge in [-0.2, -0.15) is 0 Å². The smallest absolute Gasteiger partial charge is 0.211 e. The maximum absolute atomic E-state index is 12.5. The second kappa shape index (κ2) is 6.12. The summed E-state index contributed by atoms with van der Waals surface area (Å²) in [5.74, 6) is 0.269. The normalized spacial score (nSPS) is 33.0. The number of sulfonamides is 1. The van der Waals surface area contributed by atoms with Gasteiger partial charge in [0.25, 0.3) is 0 Å². The Bertz CT molecular complexity index is 454. The zero-order chi connectivity index (χ0) is 14.8. The van der Waals surface area contributed by atoms with E-state index in [-0.39, 0.29) is 11.7 Å². The van der Waals surface area contributed by atoms with Gasteiger partial charge >= 0.3 is 0 Å². The van der Waals surface area contributed by atoms with Gasteiger partial charge in [-0.25, -0.2) is 12.7 Å². The summed E-state index contributed by atoms with van der Waals surface area (Å²) in [7, 11) is -3.14. The van der Waals surface area contributed by atoms with Crippen molar-refractivity contribution < 1.29 is 17.9 Å². The van der Waals surface area contributed by atoms with Crippen molar-refractivity contribution in [3.05, 3.63) is 0 Å². The molecule has 20 heavy (non-hydrogen) atoms. The first kappa shape index (κ1) is 15.9. The average Bonchev–Trinajstić information content (AvgIpc) is 2.39. The number of ketones is 1. The monoisotopic (exact) mass is 303 g/mol. The van der Waals surface area contributed by atoms with E-state index in [1.807, 2.05) is 6.92 Å². The van der Waals surface area contributed by atoms with Gasteiger partial charge in [0.2, 0.25) is 10.0 Å². The van der Waals surface area contributed by atoms with E-state index in [1.54, 1.807) is 0 Å². The number of ether oxygens (including phenoxy) is 1. The summed E-state index contributed by atoms with van der Waals surface area (Å²) in [6.45, 7) is 3.59. The maximum atomic E-state index is 12.5. The quantitative estimate of drug-likeness (QED) is 0.791. The summed E-state index contributed by atoms with van der Waals surface area (Å²) in [5.41, 5.74) is -0.647. The van der Waals surface area contributed by atoms with Crippen molar-refractivity contribution in [1.82, 2.24) is 4.31 Å². The molecule has 2 aliphatic heterocycles. The fraction of sp³-hybridized carbons (Fsp3) is 0.929. The van der Waals surface area contributed by atoms with E-state index >= 15 is 0 Å². The Morgan fingerprint density at radius 1 is 1.35 bits per heavy atom. The van der Waals surface area contributed by atoms with Crippen LogP contribution < -0.4 is 0 Å². The van der Waals surface area contributed by atoms with Crippen LogP contribution in [0.1, 0.15) is 45.4 Å². The predicted octanol–water partition coefficient (Wildman–Crippen LogP) is 1.58. The van der Waals surface area contributed by atoms with Gasteiger partial charge in [-0.3, -0.25) is 4.79 Å². The van der Waals surface area contributed by atoms with Gasteiger partial charge < -0.3 is 4.74 Å². The molecular weight excluding hydrogens is 278 g/mol. The zero-order valence-corrected chi connectivity index (χ0v) is 13.2. The van der Waals surface area contributed by atoms with Crippen LogP contribution in [0.4, 0.5) is 0 Å². The molecule has 2 rings (SSSR count). The fourth-order valence-electron chi connectivity index (χ4n) is 3.13. The van der Waals surface area contributed by atoms with Gasteiger partial charge in [-0.1, -0.05) is 0 Å². The maximum Gasteiger partial charge on any atom is 0.211 e. The number of rotatable bonds is 4. The molecule has 0 radical (unpaired) electrons. The first-order valence-corrected chi connectivity index (χ1v) is 9.28. The van der Waals surface area contributed by atoms with E-state index < -0.39 is 15.6 Å². The van der Waals surface area contributed by atoms with E-state index in [0.717, 1.165) is 32.1 Å². The molecule has 2 saturated heterocycles. The minimum absolute atomic E-state index is 0.133. The first-order chi connectivity index (χ1) is 9.31. The molecule has 0 N–H and O–H groups in total. The number of carbonyl (C=O) groups is 1. The molecule has 5 nitrogen and oxygen atoms in total. The van der Waals surface area contributed by atoms with Gasteiger partial charge in [0.1, 0.15) is 5.60 Å². The highest BCUT2D eigenvalue weighted by Gasteiger charge is 2.37. The van der Waals surface area contributed by atoms with Crippen LogP contribution in [0.25, 0.3) is 0 Å². The second-order valence-electron chi connectivity index (χ2n) is 6.29. The number of carbonyl (C=O) groups excluding carboxylic acids is 1. The third-order valence-corrected chi connectivity index (χ3v) is 5.75. The summed E-state index contributed by atoms with van der Waals surface area (Å²) in [6.07, 6.45) is 6.27. The molecule has 116 valence electrons. The van der Waals surface area contributed by atoms with Crippen LogP contribution in [0.5, 0.6) is 0 Å². The predicted molar refractivity (Wildman–Crippen MR) is 77.0 cm³/mol. The van der Waals surface area contributed by atoms with Gasteiger partial charge in [-0.05, 0) is 44.9 Å². The lowest BCUT2D eigenvalue weighted by molar-refractivity contribution is -0.149. The van der Waals surface area contributed by atoms with Gasteiger partial charge in [0.05, 0.1) is 6.26 Å². The van der Waals surface area contributed by atoms with Crippen LogP contribution in [-0.4, -0.2) is 50.1 Å². The Labute approximate surface area is 121 Å². The highest BCUT2D eigenvalue weighted by Crippen LogP contribution is 2.30. The van der Waals surface area contributed by atoms with E-state index in [1.165, 1.54) is 10.6 Å². The molecule has 0 amide bonds. The van der Waals surface area contributed by atoms with Crippen molar-refractivity contribution in [3.8, 4) is 0 Å². The topological polar surface area (TPSA) is 63.7 Å². The number of hydrogen-bond acceptors (Lipinski definition) is 4. The van der Waals surface area contributed by atoms with E-state index in [4.69, 9.17) is 4.74 Å². The summed E-state index contributed by atoms with van der Waals surface area (Å²) in [6, 6.07) is 0. The van der Waals surface area contributed by atoms with E-state index in [9.17, 15) is 13.2 Å². The standard InChI is InChI=1S/C14H25NO4S/c1-14(7-3-4-9-19-14)13(16)10-12-6-5-8-15(11-12)20(2,17)18/h12H,3-11H2,1-2H3. The Morgan fingerprint density at radius 3 is 2.70 bits per heavy atom. The summed E-state index contributed by atoms with van der Waals surface area (Å²) >= 11 is 0. The molecule has 2 aliphatic rings. The van der Waals surface area contributed by atoms with Gasteiger partial charge in [0, 0.05) is 26.1 Å². The van der Waals surface area contributed by atoms with Crippen LogP contribution in [0, 0.1) is 5.92 Å². The molecule has 0 aromatic rings. The minimum atomic E-state index is -3.14. The van der Waals surface area contributed by atoms with Crippen molar-refractivity contribution >= 4 is 15.8 Å². The number of hydrogen-bond donors (Lipinski definition) is 0. The third kappa shape index (κ3) is 3.80. The lowest BCUT2D eigenvalue weighted by Crippen LogP contribution is -2.45. The molecule has 2 heterocycles. The molecule has 0 bridgehead atoms. The Kier molecular flexibility index (Phi) is 4.87. The Hall–Kier alpha value is -0.460. The second-order valence-corrected chi connectivity index (χ2v) is 8.28. The molecule has 0 spiro atoms. The third-order valence-electron chi connectivity index (χ3n) is 4.48. The lowest BCUT2D eigenvalue weighted by Gasteiger charge is -2.35. The van der Waals surface area contributed by atoms with Crippen LogP contribution in [-0.2, 0) is 19.6 Å². The summed E-state index contributed by atoms with van der Waals surface area (Å²) in [5, 5.41) is 0. The largest absolute Gasteiger partial charge is 0.368 e. The van der Waals surface area contributed by atoms with Crippen molar-refractivity contribution in [3.63, 3.8) is 0 Å². The molecule has 0 aromatic heterocycles. The number of nitrogens with zero attached hydrogens (tertiary/aromatic N) is 1. The van der Waals surface area contributed by atoms with Crippen molar-refractivity contribution in [2.75, 3.05) is 26.0 Å². The Morgan fingerprint density at radius 2 is 2.10 bits per heavy atom. The average molecular weight is 303 g/mol. The van der Waals surface area contributed by atoms with Crippen molar-refractivity contribution in [2.24, 2.45) is 5.92 Å². The van der Waals surface area contributed by atoms with Crippen LogP contribution in [0.15, 0.2) is 0 Å². The first-order valence-electron chi connectivity index (χ1n) is 7.44. The van der Waals surface area contributed by atoms with E-state index in [2.05, 4.69) is 0 Å². The molecule has 2 unspecified atom stereocenters. The molecule has 2 fully saturated rings. The van der Waals surface area contributed by atoms with Crippen LogP contribution in [0.2, 0.25) is 0 Å². The number of piperidine rings is 1. The number of Topliss-reactive ketones (excluding diaryl/α,β-unsaturated/α-hetero) is 1. The van der Waals surface area contributed by atoms with E-state index in [0.29, 0.717) is 26.1 Å². The molecule has 2 atom stereocenters. The highest BCUT2D eigenvalue weighted by atomic mass is 32.2. The summed E-state index contributed by atoms with van der Waals surface area (Å²) in [4.78, 5) is 12.5.